The lowest BCUT2D eigenvalue weighted by Gasteiger charge is -2.24. The average molecular weight is 696 g/mol. The highest BCUT2D eigenvalue weighted by molar-refractivity contribution is 7.92. The van der Waals surface area contributed by atoms with Gasteiger partial charge in [-0.25, -0.2) is 22.0 Å². The van der Waals surface area contributed by atoms with Gasteiger partial charge in [0.2, 0.25) is 10.0 Å². The van der Waals surface area contributed by atoms with E-state index in [1.807, 2.05) is 0 Å². The van der Waals surface area contributed by atoms with E-state index in [0.717, 1.165) is 10.6 Å². The third-order valence-electron chi connectivity index (χ3n) is 8.09. The highest BCUT2D eigenvalue weighted by atomic mass is 32.2. The number of nitrogens with one attached hydrogen (secondary N) is 1. The first-order chi connectivity index (χ1) is 23.1. The van der Waals surface area contributed by atoms with E-state index in [2.05, 4.69) is 5.32 Å². The van der Waals surface area contributed by atoms with Gasteiger partial charge in [0.25, 0.3) is 5.91 Å². The summed E-state index contributed by atoms with van der Waals surface area (Å²) in [5, 5.41) is 3.19. The van der Waals surface area contributed by atoms with Gasteiger partial charge in [-0.15, -0.1) is 0 Å². The molecule has 49 heavy (non-hydrogen) atoms. The fraction of sp³-hybridized carbons (Fsp3) is 0.361. The van der Waals surface area contributed by atoms with E-state index in [4.69, 9.17) is 9.15 Å². The van der Waals surface area contributed by atoms with Gasteiger partial charge in [0.05, 0.1) is 30.1 Å². The number of alkyl halides is 1. The zero-order valence-corrected chi connectivity index (χ0v) is 28.8. The van der Waals surface area contributed by atoms with Crippen molar-refractivity contribution in [3.05, 3.63) is 77.6 Å². The first-order valence-electron chi connectivity index (χ1n) is 15.9. The summed E-state index contributed by atoms with van der Waals surface area (Å²) in [6.07, 6.45) is 1.05. The number of alkyl carbamates (subject to hydrolysis) is 1. The average Bonchev–Trinajstić information content (AvgIpc) is 3.65. The predicted molar refractivity (Wildman–Crippen MR) is 184 cm³/mol. The smallest absolute Gasteiger partial charge is 0.407 e. The maximum Gasteiger partial charge on any atom is 0.407 e. The van der Waals surface area contributed by atoms with E-state index in [0.29, 0.717) is 40.6 Å². The van der Waals surface area contributed by atoms with E-state index in [-0.39, 0.29) is 53.3 Å². The van der Waals surface area contributed by atoms with Crippen molar-refractivity contribution < 1.29 is 40.7 Å². The molecule has 0 unspecified atom stereocenters. The van der Waals surface area contributed by atoms with Crippen LogP contribution >= 0.6 is 0 Å². The molecular formula is C36H39F2N3O7S. The number of carbonyl (C=O) groups excluding carboxylic acids is 3. The largest absolute Gasteiger partial charge is 0.455 e. The Morgan fingerprint density at radius 1 is 1.06 bits per heavy atom. The Hall–Kier alpha value is -4.78. The third kappa shape index (κ3) is 7.93. The number of ether oxygens (including phenoxy) is 1. The minimum Gasteiger partial charge on any atom is -0.455 e. The van der Waals surface area contributed by atoms with Crippen LogP contribution in [0.15, 0.2) is 65.1 Å². The van der Waals surface area contributed by atoms with Gasteiger partial charge in [-0.2, -0.15) is 0 Å². The number of benzene rings is 3. The molecule has 1 atom stereocenters. The van der Waals surface area contributed by atoms with Gasteiger partial charge in [-0.3, -0.25) is 13.9 Å². The topological polar surface area (TPSA) is 126 Å². The number of nitrogens with zero attached hydrogens (tertiary/aromatic N) is 2. The lowest BCUT2D eigenvalue weighted by molar-refractivity contribution is 0.0502. The van der Waals surface area contributed by atoms with Gasteiger partial charge in [-0.1, -0.05) is 19.1 Å². The van der Waals surface area contributed by atoms with Crippen molar-refractivity contribution in [1.29, 1.82) is 0 Å². The number of carbonyl (C=O) groups is 3. The molecule has 1 aliphatic rings. The molecule has 0 bridgehead atoms. The normalized spacial score (nSPS) is 15.0. The van der Waals surface area contributed by atoms with Crippen molar-refractivity contribution in [2.24, 2.45) is 0 Å². The van der Waals surface area contributed by atoms with Crippen LogP contribution in [0.2, 0.25) is 0 Å². The SMILES string of the molecule is CCC(=O)c1c(-c2ccc(F)cc2)oc2cc(N(CCF)S(C)(=O)=O)c(-c3cccc(C(=O)N4CC[C@@H](NC(=O)OC(C)(C)C)C4)c3)cc12. The van der Waals surface area contributed by atoms with E-state index in [1.165, 1.54) is 30.3 Å². The summed E-state index contributed by atoms with van der Waals surface area (Å²) in [6, 6.07) is 14.8. The number of halogens is 2. The van der Waals surface area contributed by atoms with Gasteiger partial charge >= 0.3 is 6.09 Å². The Labute approximate surface area is 284 Å². The molecule has 1 fully saturated rings. The third-order valence-corrected chi connectivity index (χ3v) is 9.27. The fourth-order valence-electron chi connectivity index (χ4n) is 5.91. The van der Waals surface area contributed by atoms with Crippen LogP contribution in [0.1, 0.15) is 61.3 Å². The summed E-state index contributed by atoms with van der Waals surface area (Å²) in [5.74, 6) is -0.840. The summed E-state index contributed by atoms with van der Waals surface area (Å²) in [6.45, 7) is 6.18. The highest BCUT2D eigenvalue weighted by Gasteiger charge is 2.31. The van der Waals surface area contributed by atoms with E-state index >= 15 is 0 Å². The summed E-state index contributed by atoms with van der Waals surface area (Å²) in [4.78, 5) is 40.9. The number of hydrogen-bond donors (Lipinski definition) is 1. The zero-order valence-electron chi connectivity index (χ0n) is 28.0. The Balaban J connectivity index is 1.60. The van der Waals surface area contributed by atoms with Crippen LogP contribution in [0.25, 0.3) is 33.4 Å². The van der Waals surface area contributed by atoms with Gasteiger partial charge in [0.15, 0.2) is 5.78 Å². The number of likely N-dealkylation sites (tertiary alicyclic amines) is 1. The Kier molecular flexibility index (Phi) is 10.1. The van der Waals surface area contributed by atoms with Crippen LogP contribution in [0.5, 0.6) is 0 Å². The summed E-state index contributed by atoms with van der Waals surface area (Å²) >= 11 is 0. The van der Waals surface area contributed by atoms with Crippen LogP contribution in [0, 0.1) is 5.82 Å². The molecule has 2 heterocycles. The molecule has 1 saturated heterocycles. The van der Waals surface area contributed by atoms with Crippen LogP contribution in [-0.4, -0.2) is 75.3 Å². The number of ketones is 1. The second kappa shape index (κ2) is 14.0. The first-order valence-corrected chi connectivity index (χ1v) is 17.8. The fourth-order valence-corrected chi connectivity index (χ4v) is 6.82. The molecule has 0 spiro atoms. The number of hydrogen-bond acceptors (Lipinski definition) is 7. The molecular weight excluding hydrogens is 656 g/mol. The van der Waals surface area contributed by atoms with E-state index in [9.17, 15) is 31.6 Å². The molecule has 0 radical (unpaired) electrons. The number of fused-ring (bicyclic) bond motifs is 1. The monoisotopic (exact) mass is 695 g/mol. The molecule has 1 aliphatic heterocycles. The molecule has 260 valence electrons. The summed E-state index contributed by atoms with van der Waals surface area (Å²) in [5.41, 5.74) is 1.36. The molecule has 0 aliphatic carbocycles. The van der Waals surface area contributed by atoms with Crippen LogP contribution in [0.4, 0.5) is 19.3 Å². The quantitative estimate of drug-likeness (QED) is 0.178. The molecule has 1 N–H and O–H groups in total. The molecule has 0 saturated carbocycles. The number of amides is 2. The van der Waals surface area contributed by atoms with Crippen molar-refractivity contribution in [2.75, 3.05) is 36.9 Å². The summed E-state index contributed by atoms with van der Waals surface area (Å²) in [7, 11) is -4.00. The van der Waals surface area contributed by atoms with Gasteiger partial charge < -0.3 is 19.4 Å². The van der Waals surface area contributed by atoms with Gasteiger partial charge in [0, 0.05) is 47.7 Å². The highest BCUT2D eigenvalue weighted by Crippen LogP contribution is 2.42. The Morgan fingerprint density at radius 2 is 1.78 bits per heavy atom. The van der Waals surface area contributed by atoms with E-state index in [1.54, 1.807) is 62.9 Å². The second-order valence-corrected chi connectivity index (χ2v) is 14.9. The van der Waals surface area contributed by atoms with Crippen LogP contribution in [-0.2, 0) is 14.8 Å². The second-order valence-electron chi connectivity index (χ2n) is 12.9. The first kappa shape index (κ1) is 35.5. The minimum absolute atomic E-state index is 0.0925. The molecule has 13 heteroatoms. The van der Waals surface area contributed by atoms with Gasteiger partial charge in [0.1, 0.15) is 29.4 Å². The van der Waals surface area contributed by atoms with Gasteiger partial charge in [-0.05, 0) is 75.2 Å². The van der Waals surface area contributed by atoms with Crippen molar-refractivity contribution in [3.63, 3.8) is 0 Å². The van der Waals surface area contributed by atoms with Crippen LogP contribution in [0.3, 0.4) is 0 Å². The Morgan fingerprint density at radius 3 is 2.41 bits per heavy atom. The lowest BCUT2D eigenvalue weighted by Crippen LogP contribution is -2.41. The lowest BCUT2D eigenvalue weighted by atomic mass is 9.95. The zero-order chi connectivity index (χ0) is 35.7. The summed E-state index contributed by atoms with van der Waals surface area (Å²) < 4.78 is 66.0. The van der Waals surface area contributed by atoms with Crippen molar-refractivity contribution in [3.8, 4) is 22.5 Å². The number of furan rings is 1. The number of sulfonamides is 1. The Bertz CT molecular complexity index is 2000. The molecule has 10 nitrogen and oxygen atoms in total. The van der Waals surface area contributed by atoms with Crippen molar-refractivity contribution >= 4 is 44.5 Å². The van der Waals surface area contributed by atoms with E-state index < -0.39 is 40.8 Å². The molecule has 2 amide bonds. The number of Topliss-reactive ketones (excluding diaryl/α,β-unsaturated/α-hetero) is 1. The van der Waals surface area contributed by atoms with Crippen molar-refractivity contribution in [2.45, 2.75) is 52.2 Å². The molecule has 3 aromatic carbocycles. The molecule has 1 aromatic heterocycles. The molecule has 5 rings (SSSR count). The maximum atomic E-state index is 13.8. The minimum atomic E-state index is -4.00. The van der Waals surface area contributed by atoms with Crippen LogP contribution < -0.4 is 9.62 Å². The maximum absolute atomic E-state index is 13.8. The standard InChI is InChI=1S/C36H39F2N3O7S/c1-6-30(42)32-28-19-27(23-8-7-9-24(18-23)34(43)40-16-14-26(21-40)39-35(44)48-36(2,3)4)29(41(17-15-37)49(5,45)46)20-31(28)47-33(32)22-10-12-25(38)13-11-22/h7-13,18-20,26H,6,14-17,21H2,1-5H3,(H,39,44)/t26-/m1/s1. The number of rotatable bonds is 10. The predicted octanol–water partition coefficient (Wildman–Crippen LogP) is 6.97. The number of anilines is 1. The van der Waals surface area contributed by atoms with Crippen molar-refractivity contribution in [1.82, 2.24) is 10.2 Å². The molecule has 4 aromatic rings.